The quantitative estimate of drug-likeness (QED) is 0.677. The average molecular weight is 229 g/mol. The Hall–Kier alpha value is -1.26. The van der Waals surface area contributed by atoms with Crippen LogP contribution in [0, 0.1) is 0 Å². The Morgan fingerprint density at radius 2 is 2.33 bits per heavy atom. The molecule has 1 aromatic rings. The first kappa shape index (κ1) is 11.8. The van der Waals surface area contributed by atoms with Gasteiger partial charge in [-0.1, -0.05) is 17.7 Å². The fourth-order valence-electron chi connectivity index (χ4n) is 1.12. The van der Waals surface area contributed by atoms with Gasteiger partial charge >= 0.3 is 0 Å². The van der Waals surface area contributed by atoms with Gasteiger partial charge in [0.25, 0.3) is 5.91 Å². The summed E-state index contributed by atoms with van der Waals surface area (Å²) >= 11 is 5.85. The molecule has 0 aliphatic heterocycles. The third-order valence-corrected chi connectivity index (χ3v) is 2.24. The van der Waals surface area contributed by atoms with Gasteiger partial charge in [0.05, 0.1) is 17.2 Å². The number of nitrogen functional groups attached to an aromatic ring is 1. The molecule has 1 rings (SSSR count). The van der Waals surface area contributed by atoms with Gasteiger partial charge in [-0.05, 0) is 19.1 Å². The lowest BCUT2D eigenvalue weighted by atomic mass is 10.1. The van der Waals surface area contributed by atoms with Gasteiger partial charge in [0.1, 0.15) is 0 Å². The van der Waals surface area contributed by atoms with Crippen molar-refractivity contribution in [1.82, 2.24) is 5.32 Å². The third kappa shape index (κ3) is 2.84. The largest absolute Gasteiger partial charge is 0.398 e. The first-order valence-electron chi connectivity index (χ1n) is 4.52. The van der Waals surface area contributed by atoms with E-state index in [0.29, 0.717) is 10.7 Å². The number of halogens is 1. The van der Waals surface area contributed by atoms with E-state index in [9.17, 15) is 4.79 Å². The number of rotatable bonds is 3. The van der Waals surface area contributed by atoms with Crippen LogP contribution in [0.3, 0.4) is 0 Å². The van der Waals surface area contributed by atoms with Gasteiger partial charge in [0.15, 0.2) is 0 Å². The average Bonchev–Trinajstić information content (AvgIpc) is 2.17. The molecule has 0 saturated heterocycles. The molecule has 5 heteroatoms. The Morgan fingerprint density at radius 1 is 1.67 bits per heavy atom. The summed E-state index contributed by atoms with van der Waals surface area (Å²) in [6, 6.07) is 4.54. The SMILES string of the molecule is C[C@@H](CO)NC(=O)c1c(N)cccc1Cl. The highest BCUT2D eigenvalue weighted by Crippen LogP contribution is 2.21. The van der Waals surface area contributed by atoms with Crippen molar-refractivity contribution in [2.45, 2.75) is 13.0 Å². The monoisotopic (exact) mass is 228 g/mol. The second-order valence-corrected chi connectivity index (χ2v) is 3.67. The molecule has 1 atom stereocenters. The number of aliphatic hydroxyl groups excluding tert-OH is 1. The van der Waals surface area contributed by atoms with Crippen LogP contribution in [0.5, 0.6) is 0 Å². The second kappa shape index (κ2) is 5.00. The summed E-state index contributed by atoms with van der Waals surface area (Å²) in [6.07, 6.45) is 0. The normalized spacial score (nSPS) is 12.2. The van der Waals surface area contributed by atoms with Crippen LogP contribution in [0.4, 0.5) is 5.69 Å². The van der Waals surface area contributed by atoms with Crippen LogP contribution >= 0.6 is 11.6 Å². The molecule has 4 nitrogen and oxygen atoms in total. The van der Waals surface area contributed by atoms with Crippen LogP contribution in [0.25, 0.3) is 0 Å². The first-order valence-corrected chi connectivity index (χ1v) is 4.89. The second-order valence-electron chi connectivity index (χ2n) is 3.26. The maximum absolute atomic E-state index is 11.7. The lowest BCUT2D eigenvalue weighted by Gasteiger charge is -2.12. The number of hydrogen-bond donors (Lipinski definition) is 3. The molecule has 0 bridgehead atoms. The van der Waals surface area contributed by atoms with Crippen LogP contribution in [0.15, 0.2) is 18.2 Å². The Morgan fingerprint density at radius 3 is 2.87 bits per heavy atom. The molecule has 0 unspecified atom stereocenters. The lowest BCUT2D eigenvalue weighted by Crippen LogP contribution is -2.35. The number of hydrogen-bond acceptors (Lipinski definition) is 3. The van der Waals surface area contributed by atoms with Gasteiger partial charge in [-0.3, -0.25) is 4.79 Å². The van der Waals surface area contributed by atoms with Crippen molar-refractivity contribution >= 4 is 23.2 Å². The molecule has 15 heavy (non-hydrogen) atoms. The molecule has 0 aliphatic carbocycles. The van der Waals surface area contributed by atoms with Gasteiger partial charge in [-0.25, -0.2) is 0 Å². The van der Waals surface area contributed by atoms with Crippen molar-refractivity contribution in [1.29, 1.82) is 0 Å². The summed E-state index contributed by atoms with van der Waals surface area (Å²) in [7, 11) is 0. The number of benzene rings is 1. The third-order valence-electron chi connectivity index (χ3n) is 1.92. The molecule has 0 saturated carbocycles. The van der Waals surface area contributed by atoms with Gasteiger partial charge < -0.3 is 16.2 Å². The van der Waals surface area contributed by atoms with Crippen molar-refractivity contribution in [3.63, 3.8) is 0 Å². The number of nitrogens with two attached hydrogens (primary N) is 1. The van der Waals surface area contributed by atoms with Crippen molar-refractivity contribution in [2.75, 3.05) is 12.3 Å². The molecule has 4 N–H and O–H groups in total. The molecule has 1 aromatic carbocycles. The lowest BCUT2D eigenvalue weighted by molar-refractivity contribution is 0.0923. The minimum absolute atomic E-state index is 0.129. The van der Waals surface area contributed by atoms with Crippen LogP contribution in [-0.2, 0) is 0 Å². The van der Waals surface area contributed by atoms with E-state index >= 15 is 0 Å². The van der Waals surface area contributed by atoms with Crippen molar-refractivity contribution < 1.29 is 9.90 Å². The summed E-state index contributed by atoms with van der Waals surface area (Å²) in [5.74, 6) is -0.375. The molecule has 0 radical (unpaired) electrons. The van der Waals surface area contributed by atoms with E-state index in [1.165, 1.54) is 0 Å². The van der Waals surface area contributed by atoms with Crippen LogP contribution in [0.1, 0.15) is 17.3 Å². The van der Waals surface area contributed by atoms with Crippen molar-refractivity contribution in [3.8, 4) is 0 Å². The number of carbonyl (C=O) groups is 1. The van der Waals surface area contributed by atoms with Gasteiger partial charge in [0.2, 0.25) is 0 Å². The zero-order valence-electron chi connectivity index (χ0n) is 8.33. The Bertz CT molecular complexity index is 348. The molecule has 0 spiro atoms. The van der Waals surface area contributed by atoms with Crippen molar-refractivity contribution in [3.05, 3.63) is 28.8 Å². The van der Waals surface area contributed by atoms with E-state index < -0.39 is 0 Å². The number of aliphatic hydroxyl groups is 1. The number of amides is 1. The minimum atomic E-state index is -0.375. The fourth-order valence-corrected chi connectivity index (χ4v) is 1.39. The zero-order valence-corrected chi connectivity index (χ0v) is 9.08. The van der Waals surface area contributed by atoms with Crippen LogP contribution in [0.2, 0.25) is 5.02 Å². The fraction of sp³-hybridized carbons (Fsp3) is 0.300. The highest BCUT2D eigenvalue weighted by atomic mass is 35.5. The molecular formula is C10H13ClN2O2. The zero-order chi connectivity index (χ0) is 11.4. The Balaban J connectivity index is 2.91. The standard InChI is InChI=1S/C10H13ClN2O2/c1-6(5-14)13-10(15)9-7(11)3-2-4-8(9)12/h2-4,6,14H,5,12H2,1H3,(H,13,15)/t6-/m0/s1. The Kier molecular flexibility index (Phi) is 3.94. The van der Waals surface area contributed by atoms with E-state index in [4.69, 9.17) is 22.4 Å². The van der Waals surface area contributed by atoms with E-state index in [1.807, 2.05) is 0 Å². The predicted octanol–water partition coefficient (Wildman–Crippen LogP) is 1.03. The highest BCUT2D eigenvalue weighted by Gasteiger charge is 2.15. The van der Waals surface area contributed by atoms with E-state index in [-0.39, 0.29) is 24.1 Å². The Labute approximate surface area is 93.0 Å². The first-order chi connectivity index (χ1) is 7.06. The van der Waals surface area contributed by atoms with E-state index in [2.05, 4.69) is 5.32 Å². The molecule has 82 valence electrons. The van der Waals surface area contributed by atoms with Crippen LogP contribution < -0.4 is 11.1 Å². The maximum Gasteiger partial charge on any atom is 0.255 e. The van der Waals surface area contributed by atoms with Gasteiger partial charge in [0, 0.05) is 11.7 Å². The molecule has 0 heterocycles. The molecule has 1 amide bonds. The predicted molar refractivity (Wildman–Crippen MR) is 59.9 cm³/mol. The van der Waals surface area contributed by atoms with Crippen LogP contribution in [-0.4, -0.2) is 23.7 Å². The van der Waals surface area contributed by atoms with Gasteiger partial charge in [-0.2, -0.15) is 0 Å². The highest BCUT2D eigenvalue weighted by molar-refractivity contribution is 6.34. The summed E-state index contributed by atoms with van der Waals surface area (Å²) in [5.41, 5.74) is 6.21. The van der Waals surface area contributed by atoms with E-state index in [0.717, 1.165) is 0 Å². The minimum Gasteiger partial charge on any atom is -0.398 e. The topological polar surface area (TPSA) is 75.3 Å². The summed E-state index contributed by atoms with van der Waals surface area (Å²) in [5, 5.41) is 11.7. The summed E-state index contributed by atoms with van der Waals surface area (Å²) in [4.78, 5) is 11.7. The number of nitrogens with one attached hydrogen (secondary N) is 1. The maximum atomic E-state index is 11.7. The van der Waals surface area contributed by atoms with Gasteiger partial charge in [-0.15, -0.1) is 0 Å². The van der Waals surface area contributed by atoms with Crippen molar-refractivity contribution in [2.24, 2.45) is 0 Å². The number of carbonyl (C=O) groups excluding carboxylic acids is 1. The summed E-state index contributed by atoms with van der Waals surface area (Å²) in [6.45, 7) is 1.56. The van der Waals surface area contributed by atoms with E-state index in [1.54, 1.807) is 25.1 Å². The molecule has 0 fully saturated rings. The smallest absolute Gasteiger partial charge is 0.255 e. The number of anilines is 1. The summed E-state index contributed by atoms with van der Waals surface area (Å²) < 4.78 is 0. The molecular weight excluding hydrogens is 216 g/mol. The molecule has 0 aromatic heterocycles. The molecule has 0 aliphatic rings.